The lowest BCUT2D eigenvalue weighted by atomic mass is 10.0. The molecule has 3 aromatic heterocycles. The SMILES string of the molecule is COc1nc(N(C)[C@H]2C[C@@H](NCc3ccc(-c4cnc(C#N)c(OC)c4)cc3)C[C@H]2O)c2cc(CC(F)(F)F)sc2n1.Cl. The third-order valence-electron chi connectivity index (χ3n) is 7.35. The van der Waals surface area contributed by atoms with Crippen LogP contribution in [0.3, 0.4) is 0 Å². The van der Waals surface area contributed by atoms with E-state index in [9.17, 15) is 18.3 Å². The summed E-state index contributed by atoms with van der Waals surface area (Å²) in [5.41, 5.74) is 3.05. The van der Waals surface area contributed by atoms with Crippen molar-refractivity contribution in [3.63, 3.8) is 0 Å². The van der Waals surface area contributed by atoms with E-state index in [0.717, 1.165) is 28.0 Å². The molecule has 228 valence electrons. The van der Waals surface area contributed by atoms with E-state index in [4.69, 9.17) is 14.7 Å². The molecule has 1 aromatic carbocycles. The summed E-state index contributed by atoms with van der Waals surface area (Å²) in [6.07, 6.45) is -3.29. The molecule has 0 radical (unpaired) electrons. The second-order valence-electron chi connectivity index (χ2n) is 10.1. The zero-order chi connectivity index (χ0) is 30.0. The van der Waals surface area contributed by atoms with Gasteiger partial charge in [0.2, 0.25) is 0 Å². The Kier molecular flexibility index (Phi) is 9.96. The molecular weight excluding hydrogens is 605 g/mol. The Morgan fingerprint density at radius 2 is 1.86 bits per heavy atom. The lowest BCUT2D eigenvalue weighted by Crippen LogP contribution is -2.38. The smallest absolute Gasteiger partial charge is 0.393 e. The van der Waals surface area contributed by atoms with E-state index in [1.165, 1.54) is 20.3 Å². The van der Waals surface area contributed by atoms with Crippen LogP contribution in [0, 0.1) is 11.3 Å². The molecule has 0 aliphatic heterocycles. The molecule has 1 aliphatic rings. The Labute approximate surface area is 256 Å². The van der Waals surface area contributed by atoms with E-state index < -0.39 is 18.7 Å². The average molecular weight is 635 g/mol. The van der Waals surface area contributed by atoms with Gasteiger partial charge in [-0.2, -0.15) is 28.4 Å². The maximum absolute atomic E-state index is 13.0. The summed E-state index contributed by atoms with van der Waals surface area (Å²) < 4.78 is 49.6. The number of aliphatic hydroxyl groups excluding tert-OH is 1. The predicted octanol–water partition coefficient (Wildman–Crippen LogP) is 5.29. The summed E-state index contributed by atoms with van der Waals surface area (Å²) in [5.74, 6) is 0.845. The van der Waals surface area contributed by atoms with Crippen molar-refractivity contribution in [2.24, 2.45) is 0 Å². The fourth-order valence-electron chi connectivity index (χ4n) is 5.23. The molecule has 43 heavy (non-hydrogen) atoms. The van der Waals surface area contributed by atoms with Gasteiger partial charge in [-0.3, -0.25) is 0 Å². The van der Waals surface area contributed by atoms with Crippen molar-refractivity contribution in [1.29, 1.82) is 5.26 Å². The number of nitrogens with one attached hydrogen (secondary N) is 1. The molecule has 4 aromatic rings. The summed E-state index contributed by atoms with van der Waals surface area (Å²) in [5, 5.41) is 24.1. The van der Waals surface area contributed by atoms with Crippen molar-refractivity contribution in [2.75, 3.05) is 26.2 Å². The van der Waals surface area contributed by atoms with Crippen molar-refractivity contribution in [2.45, 2.75) is 50.2 Å². The summed E-state index contributed by atoms with van der Waals surface area (Å²) in [7, 11) is 4.69. The third kappa shape index (κ3) is 7.27. The number of ether oxygens (including phenoxy) is 2. The fourth-order valence-corrected chi connectivity index (χ4v) is 6.28. The van der Waals surface area contributed by atoms with Gasteiger partial charge in [0, 0.05) is 36.3 Å². The molecule has 3 atom stereocenters. The first-order valence-corrected chi connectivity index (χ1v) is 14.0. The molecule has 0 amide bonds. The molecule has 0 bridgehead atoms. The van der Waals surface area contributed by atoms with Gasteiger partial charge < -0.3 is 24.8 Å². The number of likely N-dealkylation sites (N-methyl/N-ethyl adjacent to an activating group) is 1. The molecule has 0 unspecified atom stereocenters. The number of halogens is 4. The van der Waals surface area contributed by atoms with Gasteiger partial charge >= 0.3 is 12.2 Å². The minimum atomic E-state index is -4.33. The van der Waals surface area contributed by atoms with Gasteiger partial charge in [0.1, 0.15) is 16.7 Å². The van der Waals surface area contributed by atoms with Crippen LogP contribution in [0.25, 0.3) is 21.3 Å². The van der Waals surface area contributed by atoms with E-state index >= 15 is 0 Å². The molecule has 5 rings (SSSR count). The van der Waals surface area contributed by atoms with Crippen LogP contribution in [0.15, 0.2) is 42.6 Å². The quantitative estimate of drug-likeness (QED) is 0.253. The van der Waals surface area contributed by atoms with Gasteiger partial charge in [0.15, 0.2) is 11.4 Å². The van der Waals surface area contributed by atoms with Gasteiger partial charge in [-0.1, -0.05) is 24.3 Å². The van der Waals surface area contributed by atoms with Crippen molar-refractivity contribution in [1.82, 2.24) is 20.3 Å². The summed E-state index contributed by atoms with van der Waals surface area (Å²) >= 11 is 0.963. The van der Waals surface area contributed by atoms with E-state index in [-0.39, 0.29) is 41.1 Å². The topological polar surface area (TPSA) is 116 Å². The Hall–Kier alpha value is -3.70. The van der Waals surface area contributed by atoms with Crippen molar-refractivity contribution < 1.29 is 27.8 Å². The number of rotatable bonds is 9. The fraction of sp³-hybridized carbons (Fsp3) is 0.379. The number of alkyl halides is 3. The highest BCUT2D eigenvalue weighted by Crippen LogP contribution is 2.37. The summed E-state index contributed by atoms with van der Waals surface area (Å²) in [6, 6.07) is 13.0. The number of anilines is 1. The van der Waals surface area contributed by atoms with Gasteiger partial charge in [0.25, 0.3) is 0 Å². The van der Waals surface area contributed by atoms with E-state index in [0.29, 0.717) is 41.2 Å². The van der Waals surface area contributed by atoms with Crippen LogP contribution in [0.5, 0.6) is 11.8 Å². The number of thiophene rings is 1. The lowest BCUT2D eigenvalue weighted by Gasteiger charge is -2.28. The van der Waals surface area contributed by atoms with Crippen LogP contribution in [-0.2, 0) is 13.0 Å². The largest absolute Gasteiger partial charge is 0.494 e. The van der Waals surface area contributed by atoms with Crippen molar-refractivity contribution >= 4 is 39.8 Å². The number of pyridine rings is 1. The maximum atomic E-state index is 13.0. The average Bonchev–Trinajstić information content (AvgIpc) is 3.55. The zero-order valence-electron chi connectivity index (χ0n) is 23.6. The Balaban J connectivity index is 0.00000423. The first kappa shape index (κ1) is 32.2. The number of nitriles is 1. The zero-order valence-corrected chi connectivity index (χ0v) is 25.2. The monoisotopic (exact) mass is 634 g/mol. The third-order valence-corrected chi connectivity index (χ3v) is 8.38. The minimum absolute atomic E-state index is 0. The lowest BCUT2D eigenvalue weighted by molar-refractivity contribution is -0.126. The molecule has 9 nitrogen and oxygen atoms in total. The first-order chi connectivity index (χ1) is 20.1. The second-order valence-corrected chi connectivity index (χ2v) is 11.3. The van der Waals surface area contributed by atoms with Gasteiger partial charge in [-0.05, 0) is 36.1 Å². The number of hydrogen-bond donors (Lipinski definition) is 2. The normalized spacial score (nSPS) is 18.2. The number of aliphatic hydroxyl groups is 1. The van der Waals surface area contributed by atoms with E-state index in [1.54, 1.807) is 19.3 Å². The molecule has 1 fully saturated rings. The van der Waals surface area contributed by atoms with Crippen molar-refractivity contribution in [3.8, 4) is 29.0 Å². The number of hydrogen-bond acceptors (Lipinski definition) is 10. The molecule has 1 saturated carbocycles. The highest BCUT2D eigenvalue weighted by molar-refractivity contribution is 7.18. The maximum Gasteiger partial charge on any atom is 0.393 e. The van der Waals surface area contributed by atoms with Gasteiger partial charge in [-0.15, -0.1) is 23.7 Å². The number of fused-ring (bicyclic) bond motifs is 1. The Morgan fingerprint density at radius 1 is 1.12 bits per heavy atom. The van der Waals surface area contributed by atoms with Crippen LogP contribution in [0.4, 0.5) is 19.0 Å². The number of benzene rings is 1. The van der Waals surface area contributed by atoms with Crippen LogP contribution in [0.2, 0.25) is 0 Å². The van der Waals surface area contributed by atoms with Crippen LogP contribution < -0.4 is 19.7 Å². The Bertz CT molecular complexity index is 1610. The summed E-state index contributed by atoms with van der Waals surface area (Å²) in [6.45, 7) is 0.583. The van der Waals surface area contributed by atoms with Crippen molar-refractivity contribution in [3.05, 3.63) is 58.7 Å². The Morgan fingerprint density at radius 3 is 2.51 bits per heavy atom. The van der Waals surface area contributed by atoms with Crippen LogP contribution >= 0.6 is 23.7 Å². The molecular formula is C29H30ClF3N6O3S. The first-order valence-electron chi connectivity index (χ1n) is 13.2. The van der Waals surface area contributed by atoms with E-state index in [2.05, 4.69) is 20.3 Å². The number of methoxy groups -OCH3 is 2. The number of nitrogens with zero attached hydrogens (tertiary/aromatic N) is 5. The molecule has 2 N–H and O–H groups in total. The predicted molar refractivity (Wildman–Crippen MR) is 160 cm³/mol. The summed E-state index contributed by atoms with van der Waals surface area (Å²) in [4.78, 5) is 15.2. The van der Waals surface area contributed by atoms with E-state index in [1.807, 2.05) is 35.2 Å². The van der Waals surface area contributed by atoms with Crippen LogP contribution in [0.1, 0.15) is 29.0 Å². The minimum Gasteiger partial charge on any atom is -0.494 e. The van der Waals surface area contributed by atoms with Gasteiger partial charge in [0.05, 0.1) is 38.2 Å². The standard InChI is InChI=1S/C29H29F3N6O3S.ClH/c1-38(26-21-11-20(12-29(30,31)32)42-27(21)37-28(36-26)41-3)23-9-19(10-24(23)39)34-14-16-4-6-17(7-5-16)18-8-25(40-2)22(13-33)35-15-18;/h4-8,11,15,19,23-24,34,39H,9-10,12,14H2,1-3H3;1H/t19-,23+,24-;/m1./s1. The second kappa shape index (κ2) is 13.3. The highest BCUT2D eigenvalue weighted by Gasteiger charge is 2.37. The highest BCUT2D eigenvalue weighted by atomic mass is 35.5. The van der Waals surface area contributed by atoms with Gasteiger partial charge in [-0.25, -0.2) is 4.98 Å². The number of aromatic nitrogens is 3. The molecule has 0 saturated heterocycles. The molecule has 0 spiro atoms. The molecule has 3 heterocycles. The molecule has 1 aliphatic carbocycles. The molecule has 14 heteroatoms. The van der Waals surface area contributed by atoms with Crippen LogP contribution in [-0.4, -0.2) is 65.7 Å².